The third kappa shape index (κ3) is 2.22. The Labute approximate surface area is 117 Å². The van der Waals surface area contributed by atoms with Crippen LogP contribution >= 0.6 is 0 Å². The van der Waals surface area contributed by atoms with Gasteiger partial charge in [-0.15, -0.1) is 0 Å². The van der Waals surface area contributed by atoms with E-state index in [0.717, 1.165) is 0 Å². The lowest BCUT2D eigenvalue weighted by Crippen LogP contribution is -2.14. The molecular weight excluding hydrogens is 276 g/mol. The normalized spacial score (nSPS) is 10.9. The van der Waals surface area contributed by atoms with Crippen LogP contribution in [0.2, 0.25) is 0 Å². The summed E-state index contributed by atoms with van der Waals surface area (Å²) in [6, 6.07) is 5.00. The molecule has 3 N–H and O–H groups in total. The van der Waals surface area contributed by atoms with Crippen molar-refractivity contribution < 1.29 is 19.1 Å². The standard InChI is InChI=1S/C13H10N4O4/c14-12(20)11-8-5-7(13-15-3-4-21-13)1-2-9(8)17(16-11)6-10(18)19/h1-5H,6H2,(H2,14,20)(H,18,19). The molecule has 0 aliphatic heterocycles. The van der Waals surface area contributed by atoms with Crippen LogP contribution < -0.4 is 5.73 Å². The maximum atomic E-state index is 11.5. The van der Waals surface area contributed by atoms with Gasteiger partial charge < -0.3 is 15.3 Å². The molecule has 2 heterocycles. The van der Waals surface area contributed by atoms with Crippen molar-refractivity contribution in [1.82, 2.24) is 14.8 Å². The molecule has 1 amide bonds. The first-order valence-electron chi connectivity index (χ1n) is 5.98. The van der Waals surface area contributed by atoms with E-state index in [1.165, 1.54) is 17.1 Å². The van der Waals surface area contributed by atoms with E-state index in [1.54, 1.807) is 18.2 Å². The number of rotatable bonds is 4. The van der Waals surface area contributed by atoms with Crippen molar-refractivity contribution in [1.29, 1.82) is 0 Å². The Hall–Kier alpha value is -3.16. The Morgan fingerprint density at radius 1 is 1.38 bits per heavy atom. The highest BCUT2D eigenvalue weighted by Gasteiger charge is 2.17. The Balaban J connectivity index is 2.21. The lowest BCUT2D eigenvalue weighted by molar-refractivity contribution is -0.137. The van der Waals surface area contributed by atoms with Gasteiger partial charge in [-0.1, -0.05) is 0 Å². The van der Waals surface area contributed by atoms with E-state index in [0.29, 0.717) is 22.4 Å². The van der Waals surface area contributed by atoms with E-state index in [2.05, 4.69) is 10.1 Å². The van der Waals surface area contributed by atoms with Crippen molar-refractivity contribution >= 4 is 22.8 Å². The predicted octanol–water partition coefficient (Wildman–Crippen LogP) is 0.875. The number of hydrogen-bond acceptors (Lipinski definition) is 5. The number of primary amides is 1. The average molecular weight is 286 g/mol. The van der Waals surface area contributed by atoms with Gasteiger partial charge in [0.1, 0.15) is 12.8 Å². The molecule has 8 heteroatoms. The lowest BCUT2D eigenvalue weighted by atomic mass is 10.1. The first-order chi connectivity index (χ1) is 10.1. The summed E-state index contributed by atoms with van der Waals surface area (Å²) >= 11 is 0. The van der Waals surface area contributed by atoms with Crippen molar-refractivity contribution in [3.05, 3.63) is 36.4 Å². The molecule has 0 saturated heterocycles. The van der Waals surface area contributed by atoms with Crippen LogP contribution in [0.25, 0.3) is 22.4 Å². The molecule has 0 fully saturated rings. The van der Waals surface area contributed by atoms with Crippen LogP contribution in [0.4, 0.5) is 0 Å². The number of nitrogens with zero attached hydrogens (tertiary/aromatic N) is 3. The number of oxazole rings is 1. The zero-order chi connectivity index (χ0) is 15.0. The Bertz CT molecular complexity index is 835. The van der Waals surface area contributed by atoms with Gasteiger partial charge in [0.05, 0.1) is 11.7 Å². The van der Waals surface area contributed by atoms with E-state index in [1.807, 2.05) is 0 Å². The molecule has 2 aromatic heterocycles. The molecule has 8 nitrogen and oxygen atoms in total. The minimum atomic E-state index is -1.06. The molecule has 1 aromatic carbocycles. The topological polar surface area (TPSA) is 124 Å². The van der Waals surface area contributed by atoms with Crippen LogP contribution in [0, 0.1) is 0 Å². The van der Waals surface area contributed by atoms with Crippen LogP contribution in [0.1, 0.15) is 10.5 Å². The van der Waals surface area contributed by atoms with Gasteiger partial charge in [0, 0.05) is 10.9 Å². The fraction of sp³-hybridized carbons (Fsp3) is 0.0769. The van der Waals surface area contributed by atoms with Gasteiger partial charge in [0.25, 0.3) is 5.91 Å². The molecule has 0 radical (unpaired) electrons. The van der Waals surface area contributed by atoms with Crippen molar-refractivity contribution in [2.75, 3.05) is 0 Å². The molecule has 0 unspecified atom stereocenters. The summed E-state index contributed by atoms with van der Waals surface area (Å²) in [4.78, 5) is 26.3. The Morgan fingerprint density at radius 2 is 2.19 bits per heavy atom. The second kappa shape index (κ2) is 4.75. The fourth-order valence-corrected chi connectivity index (χ4v) is 2.11. The highest BCUT2D eigenvalue weighted by atomic mass is 16.4. The minimum absolute atomic E-state index is 0.0136. The number of aliphatic carboxylic acids is 1. The van der Waals surface area contributed by atoms with E-state index in [-0.39, 0.29) is 12.2 Å². The van der Waals surface area contributed by atoms with Gasteiger partial charge in [-0.05, 0) is 18.2 Å². The number of hydrogen-bond donors (Lipinski definition) is 2. The highest BCUT2D eigenvalue weighted by Crippen LogP contribution is 2.25. The molecule has 21 heavy (non-hydrogen) atoms. The second-order valence-corrected chi connectivity index (χ2v) is 4.33. The van der Waals surface area contributed by atoms with E-state index in [4.69, 9.17) is 15.3 Å². The SMILES string of the molecule is NC(=O)c1nn(CC(=O)O)c2ccc(-c3ncco3)cc12. The number of fused-ring (bicyclic) bond motifs is 1. The van der Waals surface area contributed by atoms with Crippen LogP contribution in [0.3, 0.4) is 0 Å². The molecule has 0 spiro atoms. The summed E-state index contributed by atoms with van der Waals surface area (Å²) in [5, 5.41) is 13.3. The number of carboxylic acid groups (broad SMARTS) is 1. The minimum Gasteiger partial charge on any atom is -0.480 e. The van der Waals surface area contributed by atoms with Gasteiger partial charge in [-0.2, -0.15) is 5.10 Å². The van der Waals surface area contributed by atoms with Gasteiger partial charge in [-0.3, -0.25) is 14.3 Å². The average Bonchev–Trinajstić information content (AvgIpc) is 3.05. The first-order valence-corrected chi connectivity index (χ1v) is 5.98. The van der Waals surface area contributed by atoms with Crippen molar-refractivity contribution in [2.24, 2.45) is 5.73 Å². The third-order valence-corrected chi connectivity index (χ3v) is 2.95. The van der Waals surface area contributed by atoms with Crippen LogP contribution in [0.5, 0.6) is 0 Å². The summed E-state index contributed by atoms with van der Waals surface area (Å²) in [5.41, 5.74) is 6.45. The summed E-state index contributed by atoms with van der Waals surface area (Å²) in [6.45, 7) is -0.359. The summed E-state index contributed by atoms with van der Waals surface area (Å²) in [7, 11) is 0. The zero-order valence-corrected chi connectivity index (χ0v) is 10.7. The summed E-state index contributed by atoms with van der Waals surface area (Å²) in [5.74, 6) is -1.40. The molecule has 0 bridgehead atoms. The van der Waals surface area contributed by atoms with Crippen LogP contribution in [-0.2, 0) is 11.3 Å². The number of carbonyl (C=O) groups excluding carboxylic acids is 1. The largest absolute Gasteiger partial charge is 0.480 e. The van der Waals surface area contributed by atoms with Gasteiger partial charge in [-0.25, -0.2) is 4.98 Å². The maximum Gasteiger partial charge on any atom is 0.325 e. The molecule has 3 rings (SSSR count). The number of carbonyl (C=O) groups is 2. The van der Waals surface area contributed by atoms with E-state index >= 15 is 0 Å². The molecule has 106 valence electrons. The van der Waals surface area contributed by atoms with Crippen LogP contribution in [0.15, 0.2) is 35.1 Å². The molecule has 0 aliphatic rings. The number of aromatic nitrogens is 3. The predicted molar refractivity (Wildman–Crippen MR) is 71.4 cm³/mol. The summed E-state index contributed by atoms with van der Waals surface area (Å²) < 4.78 is 6.41. The molecule has 0 aliphatic carbocycles. The number of carboxylic acids is 1. The van der Waals surface area contributed by atoms with Gasteiger partial charge in [0.15, 0.2) is 5.69 Å². The highest BCUT2D eigenvalue weighted by molar-refractivity contribution is 6.05. The Morgan fingerprint density at radius 3 is 2.81 bits per heavy atom. The van der Waals surface area contributed by atoms with E-state index in [9.17, 15) is 9.59 Å². The molecule has 3 aromatic rings. The van der Waals surface area contributed by atoms with Gasteiger partial charge >= 0.3 is 5.97 Å². The third-order valence-electron chi connectivity index (χ3n) is 2.95. The molecule has 0 atom stereocenters. The van der Waals surface area contributed by atoms with Crippen molar-refractivity contribution in [3.63, 3.8) is 0 Å². The van der Waals surface area contributed by atoms with Gasteiger partial charge in [0.2, 0.25) is 5.89 Å². The zero-order valence-electron chi connectivity index (χ0n) is 10.7. The molecular formula is C13H10N4O4. The second-order valence-electron chi connectivity index (χ2n) is 4.33. The lowest BCUT2D eigenvalue weighted by Gasteiger charge is -2.00. The number of amides is 1. The quantitative estimate of drug-likeness (QED) is 0.733. The monoisotopic (exact) mass is 286 g/mol. The smallest absolute Gasteiger partial charge is 0.325 e. The Kier molecular flexibility index (Phi) is 2.90. The van der Waals surface area contributed by atoms with Crippen LogP contribution in [-0.4, -0.2) is 31.7 Å². The first kappa shape index (κ1) is 12.9. The maximum absolute atomic E-state index is 11.5. The van der Waals surface area contributed by atoms with Crippen molar-refractivity contribution in [3.8, 4) is 11.5 Å². The number of nitrogens with two attached hydrogens (primary N) is 1. The summed E-state index contributed by atoms with van der Waals surface area (Å²) in [6.07, 6.45) is 2.94. The fourth-order valence-electron chi connectivity index (χ4n) is 2.11. The number of benzene rings is 1. The molecule has 0 saturated carbocycles. The van der Waals surface area contributed by atoms with Crippen molar-refractivity contribution in [2.45, 2.75) is 6.54 Å². The van der Waals surface area contributed by atoms with E-state index < -0.39 is 11.9 Å².